The van der Waals surface area contributed by atoms with E-state index in [0.29, 0.717) is 6.42 Å². The fraction of sp³-hybridized carbons (Fsp3) is 0.200. The first-order valence-electron chi connectivity index (χ1n) is 6.47. The molecular formula is C15H13ClF2N2O2. The van der Waals surface area contributed by atoms with Crippen LogP contribution in [-0.4, -0.2) is 16.0 Å². The minimum Gasteiger partial charge on any atom is -0.506 e. The number of aromatic hydroxyl groups is 1. The Morgan fingerprint density at radius 3 is 2.77 bits per heavy atom. The number of anilines is 1. The number of pyridine rings is 1. The molecule has 0 aliphatic rings. The van der Waals surface area contributed by atoms with E-state index >= 15 is 0 Å². The van der Waals surface area contributed by atoms with Crippen LogP contribution in [0.4, 0.5) is 14.6 Å². The largest absolute Gasteiger partial charge is 0.506 e. The molecule has 1 heterocycles. The molecule has 1 aromatic heterocycles. The average molecular weight is 327 g/mol. The summed E-state index contributed by atoms with van der Waals surface area (Å²) >= 11 is 5.77. The third-order valence-electron chi connectivity index (χ3n) is 2.96. The molecule has 0 aliphatic heterocycles. The Balaban J connectivity index is 1.92. The van der Waals surface area contributed by atoms with E-state index in [1.807, 2.05) is 0 Å². The van der Waals surface area contributed by atoms with Crippen LogP contribution < -0.4 is 5.32 Å². The van der Waals surface area contributed by atoms with Crippen molar-refractivity contribution in [2.45, 2.75) is 19.3 Å². The molecule has 0 atom stereocenters. The van der Waals surface area contributed by atoms with E-state index in [4.69, 9.17) is 11.6 Å². The van der Waals surface area contributed by atoms with Crippen LogP contribution in [0, 0.1) is 0 Å². The maximum absolute atomic E-state index is 12.6. The van der Waals surface area contributed by atoms with Gasteiger partial charge < -0.3 is 10.4 Å². The van der Waals surface area contributed by atoms with Gasteiger partial charge in [-0.2, -0.15) is 0 Å². The van der Waals surface area contributed by atoms with Crippen molar-refractivity contribution in [2.24, 2.45) is 0 Å². The Bertz CT molecular complexity index is 680. The van der Waals surface area contributed by atoms with E-state index in [9.17, 15) is 18.7 Å². The van der Waals surface area contributed by atoms with Gasteiger partial charge in [0.2, 0.25) is 5.91 Å². The van der Waals surface area contributed by atoms with Crippen molar-refractivity contribution in [3.05, 3.63) is 52.7 Å². The molecule has 0 aliphatic carbocycles. The molecule has 2 aromatic rings. The zero-order valence-electron chi connectivity index (χ0n) is 11.4. The number of phenolic OH excluding ortho intramolecular Hbond substituents is 1. The van der Waals surface area contributed by atoms with E-state index in [1.165, 1.54) is 18.3 Å². The quantitative estimate of drug-likeness (QED) is 0.874. The molecule has 4 nitrogen and oxygen atoms in total. The van der Waals surface area contributed by atoms with Gasteiger partial charge in [0.15, 0.2) is 0 Å². The zero-order chi connectivity index (χ0) is 16.1. The number of aryl methyl sites for hydroxylation is 1. The Morgan fingerprint density at radius 2 is 2.09 bits per heavy atom. The average Bonchev–Trinajstić information content (AvgIpc) is 2.49. The molecule has 0 saturated heterocycles. The summed E-state index contributed by atoms with van der Waals surface area (Å²) in [5.41, 5.74) is 0.586. The fourth-order valence-corrected chi connectivity index (χ4v) is 2.02. The first-order chi connectivity index (χ1) is 10.5. The van der Waals surface area contributed by atoms with Crippen LogP contribution in [0.15, 0.2) is 36.5 Å². The molecular weight excluding hydrogens is 314 g/mol. The number of benzene rings is 1. The van der Waals surface area contributed by atoms with E-state index in [1.54, 1.807) is 12.1 Å². The Kier molecular flexibility index (Phi) is 5.27. The summed E-state index contributed by atoms with van der Waals surface area (Å²) in [5, 5.41) is 12.0. The summed E-state index contributed by atoms with van der Waals surface area (Å²) < 4.78 is 25.1. The van der Waals surface area contributed by atoms with Crippen molar-refractivity contribution in [2.75, 3.05) is 5.32 Å². The first-order valence-corrected chi connectivity index (χ1v) is 6.85. The fourth-order valence-electron chi connectivity index (χ4n) is 1.82. The highest BCUT2D eigenvalue weighted by molar-refractivity contribution is 6.32. The monoisotopic (exact) mass is 326 g/mol. The normalized spacial score (nSPS) is 10.7. The molecule has 1 aromatic carbocycles. The zero-order valence-corrected chi connectivity index (χ0v) is 12.1. The predicted molar refractivity (Wildman–Crippen MR) is 79.3 cm³/mol. The number of carbonyl (C=O) groups excluding carboxylic acids is 1. The molecule has 22 heavy (non-hydrogen) atoms. The molecule has 0 bridgehead atoms. The SMILES string of the molecule is O=C(CCc1ccc(O)c(Cl)c1)Nc1cc(C(F)F)ccn1. The number of alkyl halides is 2. The third kappa shape index (κ3) is 4.39. The van der Waals surface area contributed by atoms with Gasteiger partial charge in [0.05, 0.1) is 5.02 Å². The van der Waals surface area contributed by atoms with E-state index < -0.39 is 6.43 Å². The van der Waals surface area contributed by atoms with Gasteiger partial charge in [-0.1, -0.05) is 17.7 Å². The number of hydrogen-bond donors (Lipinski definition) is 2. The van der Waals surface area contributed by atoms with Gasteiger partial charge in [0, 0.05) is 18.2 Å². The van der Waals surface area contributed by atoms with Crippen LogP contribution in [0.2, 0.25) is 5.02 Å². The van der Waals surface area contributed by atoms with Crippen molar-refractivity contribution >= 4 is 23.3 Å². The van der Waals surface area contributed by atoms with Gasteiger partial charge in [0.1, 0.15) is 11.6 Å². The second-order valence-corrected chi connectivity index (χ2v) is 5.02. The van der Waals surface area contributed by atoms with Crippen LogP contribution in [0.1, 0.15) is 24.0 Å². The molecule has 7 heteroatoms. The first kappa shape index (κ1) is 16.2. The molecule has 0 radical (unpaired) electrons. The highest BCUT2D eigenvalue weighted by atomic mass is 35.5. The van der Waals surface area contributed by atoms with E-state index in [-0.39, 0.29) is 34.5 Å². The van der Waals surface area contributed by atoms with Crippen LogP contribution in [0.5, 0.6) is 5.75 Å². The van der Waals surface area contributed by atoms with Crippen molar-refractivity contribution < 1.29 is 18.7 Å². The van der Waals surface area contributed by atoms with Gasteiger partial charge in [-0.3, -0.25) is 4.79 Å². The van der Waals surface area contributed by atoms with Crippen LogP contribution in [0.25, 0.3) is 0 Å². The number of carbonyl (C=O) groups is 1. The molecule has 0 spiro atoms. The Morgan fingerprint density at radius 1 is 1.32 bits per heavy atom. The topological polar surface area (TPSA) is 62.2 Å². The highest BCUT2D eigenvalue weighted by Crippen LogP contribution is 2.24. The number of halogens is 3. The van der Waals surface area contributed by atoms with Crippen LogP contribution >= 0.6 is 11.6 Å². The molecule has 0 unspecified atom stereocenters. The lowest BCUT2D eigenvalue weighted by molar-refractivity contribution is -0.116. The third-order valence-corrected chi connectivity index (χ3v) is 3.26. The Hall–Kier alpha value is -2.21. The molecule has 2 N–H and O–H groups in total. The summed E-state index contributed by atoms with van der Waals surface area (Å²) in [5.74, 6) is -0.280. The van der Waals surface area contributed by atoms with Crippen molar-refractivity contribution in [3.8, 4) is 5.75 Å². The number of nitrogens with one attached hydrogen (secondary N) is 1. The smallest absolute Gasteiger partial charge is 0.264 e. The van der Waals surface area contributed by atoms with Gasteiger partial charge in [0.25, 0.3) is 6.43 Å². The van der Waals surface area contributed by atoms with Gasteiger partial charge >= 0.3 is 0 Å². The number of phenols is 1. The number of aromatic nitrogens is 1. The summed E-state index contributed by atoms with van der Waals surface area (Å²) in [6, 6.07) is 7.01. The highest BCUT2D eigenvalue weighted by Gasteiger charge is 2.10. The van der Waals surface area contributed by atoms with Crippen LogP contribution in [-0.2, 0) is 11.2 Å². The molecule has 2 rings (SSSR count). The van der Waals surface area contributed by atoms with Crippen molar-refractivity contribution in [1.29, 1.82) is 0 Å². The maximum Gasteiger partial charge on any atom is 0.264 e. The number of rotatable bonds is 5. The summed E-state index contributed by atoms with van der Waals surface area (Å²) in [6.45, 7) is 0. The van der Waals surface area contributed by atoms with E-state index in [2.05, 4.69) is 10.3 Å². The lowest BCUT2D eigenvalue weighted by atomic mass is 10.1. The van der Waals surface area contributed by atoms with E-state index in [0.717, 1.165) is 11.6 Å². The molecule has 116 valence electrons. The standard InChI is InChI=1S/C15H13ClF2N2O2/c16-11-7-9(1-3-12(11)21)2-4-14(22)20-13-8-10(15(17)18)5-6-19-13/h1,3,5-8,15,21H,2,4H2,(H,19,20,22). The van der Waals surface area contributed by atoms with Crippen LogP contribution in [0.3, 0.4) is 0 Å². The summed E-state index contributed by atoms with van der Waals surface area (Å²) in [6.07, 6.45) is -0.850. The second-order valence-electron chi connectivity index (χ2n) is 4.61. The summed E-state index contributed by atoms with van der Waals surface area (Å²) in [7, 11) is 0. The lowest BCUT2D eigenvalue weighted by Gasteiger charge is -2.07. The number of hydrogen-bond acceptors (Lipinski definition) is 3. The van der Waals surface area contributed by atoms with Crippen molar-refractivity contribution in [3.63, 3.8) is 0 Å². The summed E-state index contributed by atoms with van der Waals surface area (Å²) in [4.78, 5) is 15.6. The number of amides is 1. The van der Waals surface area contributed by atoms with Gasteiger partial charge in [-0.25, -0.2) is 13.8 Å². The van der Waals surface area contributed by atoms with Gasteiger partial charge in [-0.05, 0) is 36.2 Å². The lowest BCUT2D eigenvalue weighted by Crippen LogP contribution is -2.13. The van der Waals surface area contributed by atoms with Gasteiger partial charge in [-0.15, -0.1) is 0 Å². The molecule has 0 fully saturated rings. The second kappa shape index (κ2) is 7.17. The molecule has 0 saturated carbocycles. The minimum absolute atomic E-state index is 0.0251. The Labute approximate surface area is 130 Å². The predicted octanol–water partition coefficient (Wildman–Crippen LogP) is 3.95. The van der Waals surface area contributed by atoms with Crippen molar-refractivity contribution in [1.82, 2.24) is 4.98 Å². The molecule has 1 amide bonds. The number of nitrogens with zero attached hydrogens (tertiary/aromatic N) is 1. The minimum atomic E-state index is -2.61. The maximum atomic E-state index is 12.6.